The topological polar surface area (TPSA) is 86.7 Å². The highest BCUT2D eigenvalue weighted by Gasteiger charge is 2.18. The summed E-state index contributed by atoms with van der Waals surface area (Å²) in [5.41, 5.74) is 2.05. The third-order valence-corrected chi connectivity index (χ3v) is 4.16. The van der Waals surface area contributed by atoms with E-state index in [2.05, 4.69) is 20.5 Å². The largest absolute Gasteiger partial charge is 0.415 e. The van der Waals surface area contributed by atoms with Gasteiger partial charge in [-0.2, -0.15) is 8.78 Å². The molecule has 0 atom stereocenters. The van der Waals surface area contributed by atoms with Crippen LogP contribution in [0, 0.1) is 5.82 Å². The van der Waals surface area contributed by atoms with Crippen LogP contribution in [0.3, 0.4) is 0 Å². The van der Waals surface area contributed by atoms with Crippen LogP contribution in [0.5, 0.6) is 0 Å². The number of hydrogen-bond acceptors (Lipinski definition) is 6. The van der Waals surface area contributed by atoms with E-state index < -0.39 is 18.1 Å². The molecular formula is C19H12F3N5O2. The van der Waals surface area contributed by atoms with Crippen molar-refractivity contribution in [2.24, 2.45) is 0 Å². The Labute approximate surface area is 161 Å². The first-order valence-corrected chi connectivity index (χ1v) is 8.40. The molecule has 2 aromatic heterocycles. The molecule has 2 aromatic carbocycles. The predicted octanol–water partition coefficient (Wildman–Crippen LogP) is 3.93. The number of carbonyl (C=O) groups is 1. The molecule has 29 heavy (non-hydrogen) atoms. The number of aldehydes is 1. The second kappa shape index (κ2) is 7.66. The summed E-state index contributed by atoms with van der Waals surface area (Å²) in [5.74, 6) is -1.61. The molecule has 0 saturated carbocycles. The Morgan fingerprint density at radius 3 is 2.66 bits per heavy atom. The van der Waals surface area contributed by atoms with Crippen molar-refractivity contribution >= 4 is 6.29 Å². The van der Waals surface area contributed by atoms with E-state index in [4.69, 9.17) is 4.42 Å². The van der Waals surface area contributed by atoms with Crippen LogP contribution in [0.15, 0.2) is 53.1 Å². The molecule has 0 aliphatic rings. The van der Waals surface area contributed by atoms with Gasteiger partial charge in [-0.15, -0.1) is 15.3 Å². The maximum atomic E-state index is 14.5. The van der Waals surface area contributed by atoms with Crippen molar-refractivity contribution in [3.05, 3.63) is 71.5 Å². The summed E-state index contributed by atoms with van der Waals surface area (Å²) in [6.07, 6.45) is -0.571. The minimum Gasteiger partial charge on any atom is -0.415 e. The molecule has 0 N–H and O–H groups in total. The second-order valence-corrected chi connectivity index (χ2v) is 6.06. The highest BCUT2D eigenvalue weighted by Crippen LogP contribution is 2.25. The second-order valence-electron chi connectivity index (χ2n) is 6.06. The summed E-state index contributed by atoms with van der Waals surface area (Å²) < 4.78 is 45.8. The number of hydrogen-bond donors (Lipinski definition) is 0. The van der Waals surface area contributed by atoms with Crippen molar-refractivity contribution in [1.82, 2.24) is 25.2 Å². The molecule has 0 fully saturated rings. The van der Waals surface area contributed by atoms with Gasteiger partial charge in [0, 0.05) is 22.3 Å². The molecule has 0 aliphatic carbocycles. The molecule has 0 amide bonds. The molecule has 10 heteroatoms. The normalized spacial score (nSPS) is 11.2. The van der Waals surface area contributed by atoms with Gasteiger partial charge in [0.05, 0.1) is 12.7 Å². The smallest absolute Gasteiger partial charge is 0.314 e. The van der Waals surface area contributed by atoms with Gasteiger partial charge >= 0.3 is 6.43 Å². The Morgan fingerprint density at radius 2 is 1.93 bits per heavy atom. The Bertz CT molecular complexity index is 1170. The molecule has 0 bridgehead atoms. The standard InChI is InChI=1S/C19H12F3N5O2/c20-15-7-11(18-24-25-19(29-18)17(21)22)5-6-12(15)8-27-9-16(23-26-27)14-4-2-1-3-13(14)10-28/h1-7,9-10,17H,8H2. The van der Waals surface area contributed by atoms with E-state index in [1.54, 1.807) is 30.5 Å². The summed E-state index contributed by atoms with van der Waals surface area (Å²) in [6.45, 7) is 0.0779. The lowest BCUT2D eigenvalue weighted by Crippen LogP contribution is -2.03. The molecule has 0 aliphatic heterocycles. The zero-order valence-electron chi connectivity index (χ0n) is 14.7. The molecule has 4 rings (SSSR count). The van der Waals surface area contributed by atoms with Gasteiger partial charge in [0.2, 0.25) is 5.89 Å². The van der Waals surface area contributed by atoms with Gasteiger partial charge in [-0.25, -0.2) is 9.07 Å². The summed E-state index contributed by atoms with van der Waals surface area (Å²) in [7, 11) is 0. The average molecular weight is 399 g/mol. The molecule has 4 aromatic rings. The SMILES string of the molecule is O=Cc1ccccc1-c1cn(Cc2ccc(-c3nnc(C(F)F)o3)cc2F)nn1. The molecule has 0 unspecified atom stereocenters. The van der Waals surface area contributed by atoms with E-state index in [1.165, 1.54) is 16.8 Å². The Kier molecular flexibility index (Phi) is 4.90. The number of carbonyl (C=O) groups excluding carboxylic acids is 1. The first-order valence-electron chi connectivity index (χ1n) is 8.40. The van der Waals surface area contributed by atoms with Gasteiger partial charge < -0.3 is 4.42 Å². The lowest BCUT2D eigenvalue weighted by molar-refractivity contribution is 0.112. The molecule has 146 valence electrons. The van der Waals surface area contributed by atoms with Crippen LogP contribution in [-0.4, -0.2) is 31.5 Å². The zero-order chi connectivity index (χ0) is 20.4. The van der Waals surface area contributed by atoms with E-state index in [0.29, 0.717) is 22.4 Å². The van der Waals surface area contributed by atoms with Crippen LogP contribution in [0.25, 0.3) is 22.7 Å². The first kappa shape index (κ1) is 18.5. The third-order valence-electron chi connectivity index (χ3n) is 4.16. The molecule has 0 spiro atoms. The Hall–Kier alpha value is -3.82. The van der Waals surface area contributed by atoms with E-state index in [9.17, 15) is 18.0 Å². The highest BCUT2D eigenvalue weighted by molar-refractivity contribution is 5.86. The quantitative estimate of drug-likeness (QED) is 0.457. The molecule has 2 heterocycles. The van der Waals surface area contributed by atoms with Crippen LogP contribution in [0.1, 0.15) is 28.2 Å². The number of benzene rings is 2. The van der Waals surface area contributed by atoms with Crippen molar-refractivity contribution in [2.75, 3.05) is 0 Å². The molecule has 0 saturated heterocycles. The van der Waals surface area contributed by atoms with Crippen LogP contribution in [-0.2, 0) is 6.54 Å². The fraction of sp³-hybridized carbons (Fsp3) is 0.105. The lowest BCUT2D eigenvalue weighted by atomic mass is 10.1. The molecule has 0 radical (unpaired) electrons. The Balaban J connectivity index is 1.56. The van der Waals surface area contributed by atoms with E-state index in [-0.39, 0.29) is 18.0 Å². The summed E-state index contributed by atoms with van der Waals surface area (Å²) in [4.78, 5) is 11.2. The van der Waals surface area contributed by atoms with Crippen molar-refractivity contribution in [2.45, 2.75) is 13.0 Å². The fourth-order valence-corrected chi connectivity index (χ4v) is 2.75. The lowest BCUT2D eigenvalue weighted by Gasteiger charge is -2.04. The third kappa shape index (κ3) is 3.77. The summed E-state index contributed by atoms with van der Waals surface area (Å²) in [6, 6.07) is 11.0. The molecular weight excluding hydrogens is 387 g/mol. The monoisotopic (exact) mass is 399 g/mol. The van der Waals surface area contributed by atoms with Gasteiger partial charge in [0.15, 0.2) is 6.29 Å². The average Bonchev–Trinajstić information content (AvgIpc) is 3.39. The van der Waals surface area contributed by atoms with Gasteiger partial charge in [0.25, 0.3) is 5.89 Å². The number of rotatable bonds is 6. The summed E-state index contributed by atoms with van der Waals surface area (Å²) >= 11 is 0. The Morgan fingerprint density at radius 1 is 1.10 bits per heavy atom. The maximum Gasteiger partial charge on any atom is 0.314 e. The number of aromatic nitrogens is 5. The van der Waals surface area contributed by atoms with Crippen LogP contribution >= 0.6 is 0 Å². The minimum atomic E-state index is -2.90. The van der Waals surface area contributed by atoms with Crippen molar-refractivity contribution in [3.63, 3.8) is 0 Å². The highest BCUT2D eigenvalue weighted by atomic mass is 19.3. The van der Waals surface area contributed by atoms with Crippen molar-refractivity contribution in [3.8, 4) is 22.7 Å². The van der Waals surface area contributed by atoms with Crippen molar-refractivity contribution in [1.29, 1.82) is 0 Å². The van der Waals surface area contributed by atoms with E-state index in [0.717, 1.165) is 12.4 Å². The van der Waals surface area contributed by atoms with Gasteiger partial charge in [-0.05, 0) is 12.1 Å². The van der Waals surface area contributed by atoms with Gasteiger partial charge in [0.1, 0.15) is 11.5 Å². The number of nitrogens with zero attached hydrogens (tertiary/aromatic N) is 5. The van der Waals surface area contributed by atoms with Crippen LogP contribution < -0.4 is 0 Å². The van der Waals surface area contributed by atoms with Crippen molar-refractivity contribution < 1.29 is 22.4 Å². The van der Waals surface area contributed by atoms with E-state index >= 15 is 0 Å². The predicted molar refractivity (Wildman–Crippen MR) is 94.6 cm³/mol. The van der Waals surface area contributed by atoms with Gasteiger partial charge in [-0.3, -0.25) is 4.79 Å². The minimum absolute atomic E-state index is 0.0779. The van der Waals surface area contributed by atoms with Crippen LogP contribution in [0.4, 0.5) is 13.2 Å². The molecule has 7 nitrogen and oxygen atoms in total. The van der Waals surface area contributed by atoms with Crippen LogP contribution in [0.2, 0.25) is 0 Å². The first-order chi connectivity index (χ1) is 14.0. The van der Waals surface area contributed by atoms with Gasteiger partial charge in [-0.1, -0.05) is 35.5 Å². The zero-order valence-corrected chi connectivity index (χ0v) is 14.7. The summed E-state index contributed by atoms with van der Waals surface area (Å²) in [5, 5.41) is 14.7. The number of alkyl halides is 2. The number of halogens is 3. The fourth-order valence-electron chi connectivity index (χ4n) is 2.75. The maximum absolute atomic E-state index is 14.5. The van der Waals surface area contributed by atoms with E-state index in [1.807, 2.05) is 0 Å².